The Morgan fingerprint density at radius 1 is 1.41 bits per heavy atom. The third kappa shape index (κ3) is 5.06. The Morgan fingerprint density at radius 2 is 2.30 bits per heavy atom. The Bertz CT molecular complexity index is 807. The molecule has 0 spiro atoms. The molecule has 1 amide bonds. The van der Waals surface area contributed by atoms with Crippen molar-refractivity contribution in [3.63, 3.8) is 0 Å². The fourth-order valence-electron chi connectivity index (χ4n) is 3.36. The molecule has 6 nitrogen and oxygen atoms in total. The van der Waals surface area contributed by atoms with Gasteiger partial charge >= 0.3 is 0 Å². The number of amides is 1. The number of ether oxygens (including phenoxy) is 2. The van der Waals surface area contributed by atoms with E-state index in [1.165, 1.54) is 5.56 Å². The molecule has 1 unspecified atom stereocenters. The van der Waals surface area contributed by atoms with Crippen LogP contribution in [0.1, 0.15) is 34.6 Å². The lowest BCUT2D eigenvalue weighted by Gasteiger charge is -2.18. The quantitative estimate of drug-likeness (QED) is 0.688. The molecule has 0 fully saturated rings. The predicted octanol–water partition coefficient (Wildman–Crippen LogP) is 2.33. The lowest BCUT2D eigenvalue weighted by atomic mass is 9.93. The van der Waals surface area contributed by atoms with Gasteiger partial charge in [-0.1, -0.05) is 12.1 Å². The van der Waals surface area contributed by atoms with Gasteiger partial charge in [0.05, 0.1) is 13.2 Å². The van der Waals surface area contributed by atoms with Crippen molar-refractivity contribution in [1.82, 2.24) is 10.3 Å². The van der Waals surface area contributed by atoms with E-state index < -0.39 is 0 Å². The summed E-state index contributed by atoms with van der Waals surface area (Å²) in [6.07, 6.45) is 5.39. The Morgan fingerprint density at radius 3 is 3.11 bits per heavy atom. The molecular formula is C21H24N2O4. The molecule has 1 aromatic heterocycles. The van der Waals surface area contributed by atoms with Gasteiger partial charge in [0.25, 0.3) is 6.47 Å². The highest BCUT2D eigenvalue weighted by Crippen LogP contribution is 2.26. The number of hydrogen-bond donors (Lipinski definition) is 1. The van der Waals surface area contributed by atoms with Crippen molar-refractivity contribution >= 4 is 12.4 Å². The molecule has 1 aromatic carbocycles. The number of nitrogens with one attached hydrogen (secondary N) is 1. The molecule has 1 aliphatic heterocycles. The van der Waals surface area contributed by atoms with Gasteiger partial charge < -0.3 is 14.8 Å². The molecule has 0 saturated carbocycles. The second-order valence-electron chi connectivity index (χ2n) is 6.70. The van der Waals surface area contributed by atoms with Crippen LogP contribution in [0.4, 0.5) is 0 Å². The second kappa shape index (κ2) is 9.16. The molecular weight excluding hydrogens is 344 g/mol. The molecule has 0 bridgehead atoms. The van der Waals surface area contributed by atoms with E-state index in [-0.39, 0.29) is 24.9 Å². The zero-order valence-electron chi connectivity index (χ0n) is 15.4. The van der Waals surface area contributed by atoms with Crippen molar-refractivity contribution < 1.29 is 19.1 Å². The molecule has 0 radical (unpaired) electrons. The van der Waals surface area contributed by atoms with Crippen LogP contribution in [0.5, 0.6) is 5.75 Å². The fourth-order valence-corrected chi connectivity index (χ4v) is 3.36. The summed E-state index contributed by atoms with van der Waals surface area (Å²) in [5.41, 5.74) is 4.33. The number of fused-ring (bicyclic) bond motifs is 1. The maximum absolute atomic E-state index is 12.4. The van der Waals surface area contributed by atoms with Crippen LogP contribution in [0.3, 0.4) is 0 Å². The summed E-state index contributed by atoms with van der Waals surface area (Å²) in [5, 5.41) is 2.96. The lowest BCUT2D eigenvalue weighted by molar-refractivity contribution is -0.130. The van der Waals surface area contributed by atoms with Gasteiger partial charge in [0.2, 0.25) is 5.91 Å². The Hall–Kier alpha value is -2.89. The largest absolute Gasteiger partial charge is 0.493 e. The van der Waals surface area contributed by atoms with Crippen LogP contribution in [0, 0.1) is 6.92 Å². The van der Waals surface area contributed by atoms with E-state index in [0.29, 0.717) is 13.0 Å². The van der Waals surface area contributed by atoms with Crippen LogP contribution in [0.15, 0.2) is 36.7 Å². The minimum absolute atomic E-state index is 0.0666. The normalized spacial score (nSPS) is 13.4. The van der Waals surface area contributed by atoms with Gasteiger partial charge in [0.1, 0.15) is 5.75 Å². The topological polar surface area (TPSA) is 77.5 Å². The van der Waals surface area contributed by atoms with Crippen LogP contribution >= 0.6 is 0 Å². The van der Waals surface area contributed by atoms with E-state index in [4.69, 9.17) is 9.47 Å². The molecule has 2 heterocycles. The first-order chi connectivity index (χ1) is 13.2. The van der Waals surface area contributed by atoms with E-state index >= 15 is 0 Å². The molecule has 27 heavy (non-hydrogen) atoms. The minimum Gasteiger partial charge on any atom is -0.493 e. The minimum atomic E-state index is -0.188. The van der Waals surface area contributed by atoms with Crippen LogP contribution in [0.2, 0.25) is 0 Å². The van der Waals surface area contributed by atoms with Gasteiger partial charge in [0, 0.05) is 37.7 Å². The summed E-state index contributed by atoms with van der Waals surface area (Å²) in [4.78, 5) is 27.0. The second-order valence-corrected chi connectivity index (χ2v) is 6.70. The number of pyridine rings is 1. The average molecular weight is 368 g/mol. The zero-order valence-corrected chi connectivity index (χ0v) is 15.4. The molecule has 2 aromatic rings. The third-order valence-electron chi connectivity index (χ3n) is 4.80. The van der Waals surface area contributed by atoms with E-state index in [0.717, 1.165) is 41.9 Å². The highest BCUT2D eigenvalue weighted by molar-refractivity contribution is 5.77. The Kier molecular flexibility index (Phi) is 6.41. The molecule has 1 aliphatic rings. The highest BCUT2D eigenvalue weighted by Gasteiger charge is 2.19. The van der Waals surface area contributed by atoms with Gasteiger partial charge in [-0.05, 0) is 47.7 Å². The van der Waals surface area contributed by atoms with Gasteiger partial charge in [-0.3, -0.25) is 14.6 Å². The summed E-state index contributed by atoms with van der Waals surface area (Å²) in [7, 11) is 0. The van der Waals surface area contributed by atoms with Crippen molar-refractivity contribution in [2.75, 3.05) is 19.8 Å². The predicted molar refractivity (Wildman–Crippen MR) is 101 cm³/mol. The average Bonchev–Trinajstić information content (AvgIpc) is 3.13. The monoisotopic (exact) mass is 368 g/mol. The van der Waals surface area contributed by atoms with Crippen LogP contribution in [-0.2, 0) is 27.2 Å². The number of carbonyl (C=O) groups is 2. The van der Waals surface area contributed by atoms with E-state index in [2.05, 4.69) is 28.5 Å². The van der Waals surface area contributed by atoms with Gasteiger partial charge in [-0.25, -0.2) is 0 Å². The van der Waals surface area contributed by atoms with Gasteiger partial charge in [-0.2, -0.15) is 0 Å². The number of rotatable bonds is 9. The van der Waals surface area contributed by atoms with Crippen molar-refractivity contribution in [1.29, 1.82) is 0 Å². The summed E-state index contributed by atoms with van der Waals surface area (Å²) in [6.45, 7) is 3.81. The SMILES string of the molecule is Cc1cnccc1C(COC=O)CC(=O)NCCc1ccc2c(c1)OCC2. The number of aryl methyl sites for hydroxylation is 1. The molecule has 142 valence electrons. The summed E-state index contributed by atoms with van der Waals surface area (Å²) < 4.78 is 10.5. The van der Waals surface area contributed by atoms with Crippen molar-refractivity contribution in [2.45, 2.75) is 32.1 Å². The fraction of sp³-hybridized carbons (Fsp3) is 0.381. The number of carbonyl (C=O) groups excluding carboxylic acids is 2. The standard InChI is InChI=1S/C21H24N2O4/c1-15-12-22-7-5-19(15)18(13-26-14-24)11-21(25)23-8-4-16-2-3-17-6-9-27-20(17)10-16/h2-3,5,7,10,12,14,18H,4,6,8-9,11,13H2,1H3,(H,23,25). The van der Waals surface area contributed by atoms with Crippen LogP contribution in [0.25, 0.3) is 0 Å². The Balaban J connectivity index is 1.53. The summed E-state index contributed by atoms with van der Waals surface area (Å²) >= 11 is 0. The van der Waals surface area contributed by atoms with Gasteiger partial charge in [0.15, 0.2) is 0 Å². The lowest BCUT2D eigenvalue weighted by Crippen LogP contribution is -2.28. The summed E-state index contributed by atoms with van der Waals surface area (Å²) in [5.74, 6) is 0.702. The molecule has 0 saturated heterocycles. The molecule has 3 rings (SSSR count). The number of hydrogen-bond acceptors (Lipinski definition) is 5. The van der Waals surface area contributed by atoms with Crippen molar-refractivity contribution in [3.05, 3.63) is 58.9 Å². The van der Waals surface area contributed by atoms with E-state index in [9.17, 15) is 9.59 Å². The van der Waals surface area contributed by atoms with Crippen molar-refractivity contribution in [2.24, 2.45) is 0 Å². The van der Waals surface area contributed by atoms with Crippen LogP contribution in [-0.4, -0.2) is 37.1 Å². The van der Waals surface area contributed by atoms with E-state index in [1.807, 2.05) is 13.0 Å². The first kappa shape index (κ1) is 18.9. The summed E-state index contributed by atoms with van der Waals surface area (Å²) in [6, 6.07) is 8.10. The smallest absolute Gasteiger partial charge is 0.293 e. The highest BCUT2D eigenvalue weighted by atomic mass is 16.5. The molecule has 6 heteroatoms. The molecule has 1 atom stereocenters. The maximum atomic E-state index is 12.4. The van der Waals surface area contributed by atoms with Gasteiger partial charge in [-0.15, -0.1) is 0 Å². The third-order valence-corrected chi connectivity index (χ3v) is 4.80. The van der Waals surface area contributed by atoms with Crippen molar-refractivity contribution in [3.8, 4) is 5.75 Å². The maximum Gasteiger partial charge on any atom is 0.293 e. The molecule has 1 N–H and O–H groups in total. The van der Waals surface area contributed by atoms with Crippen LogP contribution < -0.4 is 10.1 Å². The number of benzene rings is 1. The van der Waals surface area contributed by atoms with E-state index in [1.54, 1.807) is 12.4 Å². The molecule has 0 aliphatic carbocycles. The number of nitrogens with zero attached hydrogens (tertiary/aromatic N) is 1. The first-order valence-electron chi connectivity index (χ1n) is 9.14. The number of aromatic nitrogens is 1. The Labute approximate surface area is 158 Å². The first-order valence-corrected chi connectivity index (χ1v) is 9.14. The zero-order chi connectivity index (χ0) is 19.1.